The molecular weight excluding hydrogens is 396 g/mol. The average Bonchev–Trinajstić information content (AvgIpc) is 2.36. The number of carboxylic acids is 1. The molecule has 0 aromatic heterocycles. The predicted octanol–water partition coefficient (Wildman–Crippen LogP) is 1.66. The lowest BCUT2D eigenvalue weighted by Crippen LogP contribution is -2.41. The highest BCUT2D eigenvalue weighted by molar-refractivity contribution is 9.11. The van der Waals surface area contributed by atoms with Crippen molar-refractivity contribution in [2.45, 2.75) is 18.9 Å². The van der Waals surface area contributed by atoms with Crippen LogP contribution in [0.2, 0.25) is 0 Å². The van der Waals surface area contributed by atoms with Gasteiger partial charge in [0.2, 0.25) is 5.91 Å². The molecule has 1 aromatic rings. The van der Waals surface area contributed by atoms with E-state index in [4.69, 9.17) is 10.8 Å². The molecular formula is C12H12Br2N2O4. The zero-order valence-electron chi connectivity index (χ0n) is 10.2. The highest BCUT2D eigenvalue weighted by Gasteiger charge is 2.22. The third-order valence-corrected chi connectivity index (χ3v) is 3.64. The Morgan fingerprint density at radius 2 is 1.95 bits per heavy atom. The predicted molar refractivity (Wildman–Crippen MR) is 79.2 cm³/mol. The van der Waals surface area contributed by atoms with Crippen LogP contribution in [0.3, 0.4) is 0 Å². The van der Waals surface area contributed by atoms with Gasteiger partial charge in [0.05, 0.1) is 5.56 Å². The van der Waals surface area contributed by atoms with Crippen molar-refractivity contribution in [1.29, 1.82) is 0 Å². The number of hydrogen-bond acceptors (Lipinski definition) is 3. The Morgan fingerprint density at radius 1 is 1.30 bits per heavy atom. The molecule has 0 saturated carbocycles. The molecule has 0 heterocycles. The van der Waals surface area contributed by atoms with Crippen molar-refractivity contribution >= 4 is 49.6 Å². The molecule has 2 amide bonds. The van der Waals surface area contributed by atoms with Gasteiger partial charge in [0, 0.05) is 15.4 Å². The summed E-state index contributed by atoms with van der Waals surface area (Å²) in [5, 5.41) is 11.4. The molecule has 8 heteroatoms. The van der Waals surface area contributed by atoms with Gasteiger partial charge >= 0.3 is 5.97 Å². The molecule has 0 radical (unpaired) electrons. The summed E-state index contributed by atoms with van der Waals surface area (Å²) in [5.41, 5.74) is 5.26. The molecule has 0 bridgehead atoms. The van der Waals surface area contributed by atoms with E-state index in [9.17, 15) is 14.4 Å². The first-order valence-electron chi connectivity index (χ1n) is 5.58. The Morgan fingerprint density at radius 3 is 2.50 bits per heavy atom. The first kappa shape index (κ1) is 16.6. The standard InChI is InChI=1S/C12H12Br2N2O4/c13-6-1-2-8(14)7(5-6)11(18)16-9(12(19)20)3-4-10(15)17/h1-2,5,9H,3-4H2,(H2,15,17)(H,16,18)(H,19,20)/t9-/m0/s1. The van der Waals surface area contributed by atoms with Crippen molar-refractivity contribution in [3.05, 3.63) is 32.7 Å². The van der Waals surface area contributed by atoms with Gasteiger partial charge in [-0.15, -0.1) is 0 Å². The fraction of sp³-hybridized carbons (Fsp3) is 0.250. The number of carboxylic acid groups (broad SMARTS) is 1. The van der Waals surface area contributed by atoms with Crippen molar-refractivity contribution in [3.8, 4) is 0 Å². The second-order valence-corrected chi connectivity index (χ2v) is 5.76. The van der Waals surface area contributed by atoms with E-state index in [2.05, 4.69) is 37.2 Å². The number of nitrogens with two attached hydrogens (primary N) is 1. The number of hydrogen-bond donors (Lipinski definition) is 3. The molecule has 1 rings (SSSR count). The van der Waals surface area contributed by atoms with Crippen LogP contribution in [0.25, 0.3) is 0 Å². The summed E-state index contributed by atoms with van der Waals surface area (Å²) in [6.45, 7) is 0. The van der Waals surface area contributed by atoms with Gasteiger partial charge in [-0.05, 0) is 40.5 Å². The number of nitrogens with one attached hydrogen (secondary N) is 1. The largest absolute Gasteiger partial charge is 0.480 e. The van der Waals surface area contributed by atoms with E-state index in [-0.39, 0.29) is 12.8 Å². The van der Waals surface area contributed by atoms with Crippen molar-refractivity contribution in [2.75, 3.05) is 0 Å². The quantitative estimate of drug-likeness (QED) is 0.665. The number of carbonyl (C=O) groups is 3. The maximum absolute atomic E-state index is 12.0. The zero-order chi connectivity index (χ0) is 15.3. The molecule has 108 valence electrons. The van der Waals surface area contributed by atoms with E-state index in [0.717, 1.165) is 0 Å². The van der Waals surface area contributed by atoms with Crippen molar-refractivity contribution in [1.82, 2.24) is 5.32 Å². The van der Waals surface area contributed by atoms with E-state index in [1.54, 1.807) is 18.2 Å². The molecule has 6 nitrogen and oxygen atoms in total. The summed E-state index contributed by atoms with van der Waals surface area (Å²) in [6, 6.07) is 3.80. The summed E-state index contributed by atoms with van der Waals surface area (Å²) in [7, 11) is 0. The zero-order valence-corrected chi connectivity index (χ0v) is 13.4. The number of aliphatic carboxylic acids is 1. The molecule has 4 N–H and O–H groups in total. The van der Waals surface area contributed by atoms with Crippen LogP contribution in [0.5, 0.6) is 0 Å². The van der Waals surface area contributed by atoms with Gasteiger partial charge in [-0.25, -0.2) is 4.79 Å². The molecule has 0 fully saturated rings. The Bertz CT molecular complexity index is 548. The van der Waals surface area contributed by atoms with Crippen LogP contribution in [0, 0.1) is 0 Å². The van der Waals surface area contributed by atoms with E-state index < -0.39 is 23.8 Å². The van der Waals surface area contributed by atoms with Crippen LogP contribution in [0.15, 0.2) is 27.1 Å². The average molecular weight is 408 g/mol. The van der Waals surface area contributed by atoms with Crippen LogP contribution in [-0.2, 0) is 9.59 Å². The van der Waals surface area contributed by atoms with Crippen LogP contribution in [-0.4, -0.2) is 28.9 Å². The van der Waals surface area contributed by atoms with Crippen molar-refractivity contribution in [3.63, 3.8) is 0 Å². The van der Waals surface area contributed by atoms with E-state index in [1.165, 1.54) is 0 Å². The van der Waals surface area contributed by atoms with E-state index in [1.807, 2.05) is 0 Å². The maximum atomic E-state index is 12.0. The number of benzene rings is 1. The lowest BCUT2D eigenvalue weighted by atomic mass is 10.1. The van der Waals surface area contributed by atoms with Crippen LogP contribution in [0.4, 0.5) is 0 Å². The third kappa shape index (κ3) is 4.93. The SMILES string of the molecule is NC(=O)CC[C@H](NC(=O)c1cc(Br)ccc1Br)C(=O)O. The van der Waals surface area contributed by atoms with E-state index >= 15 is 0 Å². The Balaban J connectivity index is 2.82. The van der Waals surface area contributed by atoms with Gasteiger partial charge in [0.15, 0.2) is 0 Å². The van der Waals surface area contributed by atoms with Crippen LogP contribution in [0.1, 0.15) is 23.2 Å². The highest BCUT2D eigenvalue weighted by atomic mass is 79.9. The molecule has 0 unspecified atom stereocenters. The van der Waals surface area contributed by atoms with Gasteiger partial charge in [-0.3, -0.25) is 9.59 Å². The van der Waals surface area contributed by atoms with Crippen molar-refractivity contribution < 1.29 is 19.5 Å². The fourth-order valence-corrected chi connectivity index (χ4v) is 2.24. The minimum absolute atomic E-state index is 0.0535. The number of amides is 2. The van der Waals surface area contributed by atoms with Crippen molar-refractivity contribution in [2.24, 2.45) is 5.73 Å². The van der Waals surface area contributed by atoms with Gasteiger partial charge < -0.3 is 16.2 Å². The number of rotatable bonds is 6. The molecule has 0 aliphatic rings. The van der Waals surface area contributed by atoms with Crippen LogP contribution < -0.4 is 11.1 Å². The monoisotopic (exact) mass is 406 g/mol. The summed E-state index contributed by atoms with van der Waals surface area (Å²) in [5.74, 6) is -2.38. The van der Waals surface area contributed by atoms with Gasteiger partial charge in [-0.2, -0.15) is 0 Å². The number of carbonyl (C=O) groups excluding carboxylic acids is 2. The second-order valence-electron chi connectivity index (χ2n) is 3.99. The summed E-state index contributed by atoms with van der Waals surface area (Å²) >= 11 is 6.45. The lowest BCUT2D eigenvalue weighted by Gasteiger charge is -2.14. The highest BCUT2D eigenvalue weighted by Crippen LogP contribution is 2.21. The van der Waals surface area contributed by atoms with Gasteiger partial charge in [0.25, 0.3) is 5.91 Å². The minimum atomic E-state index is -1.22. The summed E-state index contributed by atoms with van der Waals surface area (Å²) in [4.78, 5) is 33.8. The fourth-order valence-electron chi connectivity index (χ4n) is 1.45. The lowest BCUT2D eigenvalue weighted by molar-refractivity contribution is -0.139. The third-order valence-electron chi connectivity index (χ3n) is 2.46. The topological polar surface area (TPSA) is 109 Å². The molecule has 0 aliphatic carbocycles. The van der Waals surface area contributed by atoms with E-state index in [0.29, 0.717) is 14.5 Å². The normalized spacial score (nSPS) is 11.7. The molecule has 0 aliphatic heterocycles. The molecule has 20 heavy (non-hydrogen) atoms. The van der Waals surface area contributed by atoms with Gasteiger partial charge in [-0.1, -0.05) is 15.9 Å². The Labute approximate surface area is 132 Å². The molecule has 0 saturated heterocycles. The summed E-state index contributed by atoms with van der Waals surface area (Å²) < 4.78 is 1.23. The number of primary amides is 1. The first-order chi connectivity index (χ1) is 9.31. The number of halogens is 2. The molecule has 1 atom stereocenters. The first-order valence-corrected chi connectivity index (χ1v) is 7.17. The van der Waals surface area contributed by atoms with Gasteiger partial charge in [0.1, 0.15) is 6.04 Å². The Hall–Kier alpha value is -1.41. The Kier molecular flexibility index (Phi) is 6.15. The maximum Gasteiger partial charge on any atom is 0.326 e. The molecule has 1 aromatic carbocycles. The molecule has 0 spiro atoms. The van der Waals surface area contributed by atoms with Crippen LogP contribution >= 0.6 is 31.9 Å². The smallest absolute Gasteiger partial charge is 0.326 e. The minimum Gasteiger partial charge on any atom is -0.480 e. The second kappa shape index (κ2) is 7.39. The summed E-state index contributed by atoms with van der Waals surface area (Å²) in [6.07, 6.45) is -0.168.